The van der Waals surface area contributed by atoms with Gasteiger partial charge in [0.1, 0.15) is 13.5 Å². The van der Waals surface area contributed by atoms with Crippen LogP contribution in [0.2, 0.25) is 0 Å². The largest absolute Gasteiger partial charge is 0.364 e. The second-order valence-electron chi connectivity index (χ2n) is 2.05. The summed E-state index contributed by atoms with van der Waals surface area (Å²) in [6, 6.07) is -0.360. The summed E-state index contributed by atoms with van der Waals surface area (Å²) in [6.07, 6.45) is 1.43. The fourth-order valence-electron chi connectivity index (χ4n) is 0.651. The highest BCUT2D eigenvalue weighted by atomic mass is 16.5. The highest BCUT2D eigenvalue weighted by Crippen LogP contribution is 1.93. The van der Waals surface area contributed by atoms with Gasteiger partial charge in [0, 0.05) is 20.4 Å². The number of methoxy groups -OCH3 is 2. The van der Waals surface area contributed by atoms with Crippen molar-refractivity contribution in [1.82, 2.24) is 4.90 Å². The van der Waals surface area contributed by atoms with Crippen LogP contribution in [-0.4, -0.2) is 44.8 Å². The highest BCUT2D eigenvalue weighted by Gasteiger charge is 2.09. The fraction of sp³-hybridized carbons (Fsp3) is 0.714. The van der Waals surface area contributed by atoms with E-state index >= 15 is 0 Å². The number of ether oxygens (including phenoxy) is 2. The van der Waals surface area contributed by atoms with Crippen molar-refractivity contribution >= 4 is 12.2 Å². The zero-order valence-corrected chi connectivity index (χ0v) is 7.61. The maximum Gasteiger partial charge on any atom is 0.346 e. The predicted octanol–water partition coefficient (Wildman–Crippen LogP) is 0.707. The molecule has 0 heterocycles. The van der Waals surface area contributed by atoms with Crippen molar-refractivity contribution in [3.63, 3.8) is 0 Å². The minimum Gasteiger partial charge on any atom is -0.364 e. The zero-order valence-electron chi connectivity index (χ0n) is 7.61. The van der Waals surface area contributed by atoms with E-state index in [1.54, 1.807) is 6.92 Å². The van der Waals surface area contributed by atoms with E-state index in [9.17, 15) is 4.79 Å². The van der Waals surface area contributed by atoms with E-state index in [0.717, 1.165) is 0 Å². The van der Waals surface area contributed by atoms with Crippen LogP contribution >= 0.6 is 0 Å². The molecule has 0 bridgehead atoms. The third kappa shape index (κ3) is 4.05. The lowest BCUT2D eigenvalue weighted by Gasteiger charge is -2.17. The summed E-state index contributed by atoms with van der Waals surface area (Å²) in [5.41, 5.74) is 0. The molecule has 0 aliphatic carbocycles. The molecular formula is C7H14N2O3. The molecule has 0 spiro atoms. The average molecular weight is 174 g/mol. The quantitative estimate of drug-likeness (QED) is 0.466. The summed E-state index contributed by atoms with van der Waals surface area (Å²) < 4.78 is 9.55. The van der Waals surface area contributed by atoms with Gasteiger partial charge in [0.05, 0.1) is 0 Å². The van der Waals surface area contributed by atoms with Crippen LogP contribution in [0.1, 0.15) is 6.92 Å². The minimum absolute atomic E-state index is 0.185. The second kappa shape index (κ2) is 6.75. The number of amides is 2. The van der Waals surface area contributed by atoms with Gasteiger partial charge in [-0.25, -0.2) is 9.79 Å². The van der Waals surface area contributed by atoms with Crippen molar-refractivity contribution < 1.29 is 14.3 Å². The van der Waals surface area contributed by atoms with Crippen LogP contribution in [0.3, 0.4) is 0 Å². The minimum atomic E-state index is -0.360. The van der Waals surface area contributed by atoms with Gasteiger partial charge in [-0.1, -0.05) is 0 Å². The monoisotopic (exact) mass is 174 g/mol. The van der Waals surface area contributed by atoms with Crippen molar-refractivity contribution in [2.24, 2.45) is 4.99 Å². The van der Waals surface area contributed by atoms with Gasteiger partial charge in [0.25, 0.3) is 0 Å². The first-order valence-corrected chi connectivity index (χ1v) is 3.51. The zero-order chi connectivity index (χ0) is 9.40. The molecule has 2 amide bonds. The lowest BCUT2D eigenvalue weighted by molar-refractivity contribution is 0.0155. The van der Waals surface area contributed by atoms with Crippen molar-refractivity contribution in [3.8, 4) is 0 Å². The van der Waals surface area contributed by atoms with Crippen molar-refractivity contribution in [3.05, 3.63) is 0 Å². The summed E-state index contributed by atoms with van der Waals surface area (Å²) in [5.74, 6) is 0. The van der Waals surface area contributed by atoms with Gasteiger partial charge in [-0.2, -0.15) is 0 Å². The lowest BCUT2D eigenvalue weighted by atomic mass is 10.7. The molecule has 0 atom stereocenters. The average Bonchev–Trinajstić information content (AvgIpc) is 2.04. The molecule has 0 aliphatic heterocycles. The Morgan fingerprint density at radius 1 is 1.42 bits per heavy atom. The van der Waals surface area contributed by atoms with E-state index in [1.807, 2.05) is 0 Å². The second-order valence-corrected chi connectivity index (χ2v) is 2.05. The van der Waals surface area contributed by atoms with Crippen molar-refractivity contribution in [2.45, 2.75) is 6.92 Å². The van der Waals surface area contributed by atoms with Gasteiger partial charge in [0.15, 0.2) is 0 Å². The third-order valence-corrected chi connectivity index (χ3v) is 1.08. The van der Waals surface area contributed by atoms with Crippen LogP contribution in [0, 0.1) is 0 Å². The maximum atomic E-state index is 11.1. The molecule has 0 fully saturated rings. The van der Waals surface area contributed by atoms with Crippen LogP contribution in [-0.2, 0) is 9.47 Å². The van der Waals surface area contributed by atoms with Crippen LogP contribution < -0.4 is 0 Å². The molecule has 0 aromatic heterocycles. The first-order chi connectivity index (χ1) is 5.76. The Kier molecular flexibility index (Phi) is 6.22. The van der Waals surface area contributed by atoms with Crippen molar-refractivity contribution in [2.75, 3.05) is 27.7 Å². The molecule has 0 rings (SSSR count). The van der Waals surface area contributed by atoms with E-state index in [4.69, 9.17) is 9.47 Å². The molecular weight excluding hydrogens is 160 g/mol. The van der Waals surface area contributed by atoms with E-state index < -0.39 is 0 Å². The van der Waals surface area contributed by atoms with Crippen LogP contribution in [0.15, 0.2) is 4.99 Å². The molecule has 0 saturated carbocycles. The molecule has 0 radical (unpaired) electrons. The Labute approximate surface area is 72.0 Å². The number of nitrogens with zero attached hydrogens (tertiary/aromatic N) is 2. The molecule has 5 heteroatoms. The number of aliphatic imine (C=N–C) groups is 1. The number of hydrogen-bond donors (Lipinski definition) is 0. The van der Waals surface area contributed by atoms with Gasteiger partial charge in [-0.05, 0) is 6.92 Å². The summed E-state index contributed by atoms with van der Waals surface area (Å²) in [6.45, 7) is 2.05. The Bertz CT molecular complexity index is 153. The number of urea groups is 1. The SMILES string of the molecule is C/C=N/C(=O)N(COC)COC. The topological polar surface area (TPSA) is 51.1 Å². The summed E-state index contributed by atoms with van der Waals surface area (Å²) in [7, 11) is 3.01. The Balaban J connectivity index is 3.98. The molecule has 5 nitrogen and oxygen atoms in total. The number of rotatable bonds is 4. The highest BCUT2D eigenvalue weighted by molar-refractivity contribution is 5.82. The fourth-order valence-corrected chi connectivity index (χ4v) is 0.651. The van der Waals surface area contributed by atoms with Gasteiger partial charge >= 0.3 is 6.03 Å². The number of carbonyl (C=O) groups is 1. The van der Waals surface area contributed by atoms with E-state index in [-0.39, 0.29) is 19.5 Å². The molecule has 0 aromatic rings. The molecule has 0 N–H and O–H groups in total. The molecule has 12 heavy (non-hydrogen) atoms. The van der Waals surface area contributed by atoms with Crippen LogP contribution in [0.25, 0.3) is 0 Å². The normalized spacial score (nSPS) is 10.6. The van der Waals surface area contributed by atoms with Crippen molar-refractivity contribution in [1.29, 1.82) is 0 Å². The molecule has 0 aliphatic rings. The lowest BCUT2D eigenvalue weighted by Crippen LogP contribution is -2.32. The van der Waals surface area contributed by atoms with Crippen LogP contribution in [0.5, 0.6) is 0 Å². The van der Waals surface area contributed by atoms with Gasteiger partial charge in [-0.15, -0.1) is 0 Å². The summed E-state index contributed by atoms with van der Waals surface area (Å²) in [5, 5.41) is 0. The number of hydrogen-bond acceptors (Lipinski definition) is 3. The van der Waals surface area contributed by atoms with Gasteiger partial charge < -0.3 is 9.47 Å². The standard InChI is InChI=1S/C7H14N2O3/c1-4-8-7(10)9(5-11-2)6-12-3/h4H,5-6H2,1-3H3/b8-4+. The van der Waals surface area contributed by atoms with E-state index in [0.29, 0.717) is 0 Å². The third-order valence-electron chi connectivity index (χ3n) is 1.08. The van der Waals surface area contributed by atoms with E-state index in [1.165, 1.54) is 25.3 Å². The Hall–Kier alpha value is -0.940. The smallest absolute Gasteiger partial charge is 0.346 e. The Morgan fingerprint density at radius 2 is 1.92 bits per heavy atom. The summed E-state index contributed by atoms with van der Waals surface area (Å²) in [4.78, 5) is 16.0. The predicted molar refractivity (Wildman–Crippen MR) is 45.2 cm³/mol. The maximum absolute atomic E-state index is 11.1. The molecule has 0 saturated heterocycles. The summed E-state index contributed by atoms with van der Waals surface area (Å²) >= 11 is 0. The number of carbonyl (C=O) groups excluding carboxylic acids is 1. The van der Waals surface area contributed by atoms with E-state index in [2.05, 4.69) is 4.99 Å². The Morgan fingerprint density at radius 3 is 2.25 bits per heavy atom. The first kappa shape index (κ1) is 11.1. The molecule has 70 valence electrons. The van der Waals surface area contributed by atoms with Gasteiger partial charge in [-0.3, -0.25) is 4.90 Å². The first-order valence-electron chi connectivity index (χ1n) is 3.51. The molecule has 0 unspecified atom stereocenters. The van der Waals surface area contributed by atoms with Gasteiger partial charge in [0.2, 0.25) is 0 Å². The molecule has 0 aromatic carbocycles. The van der Waals surface area contributed by atoms with Crippen LogP contribution in [0.4, 0.5) is 4.79 Å².